The van der Waals surface area contributed by atoms with Crippen molar-refractivity contribution in [3.05, 3.63) is 40.3 Å². The van der Waals surface area contributed by atoms with Crippen molar-refractivity contribution in [2.75, 3.05) is 13.2 Å². The van der Waals surface area contributed by atoms with Crippen molar-refractivity contribution >= 4 is 0 Å². The van der Waals surface area contributed by atoms with Gasteiger partial charge in [0.1, 0.15) is 5.75 Å². The normalized spacial score (nSPS) is 11.6. The van der Waals surface area contributed by atoms with Gasteiger partial charge in [-0.25, -0.2) is 0 Å². The fraction of sp³-hybridized carbons (Fsp3) is 0.400. The molecule has 1 unspecified atom stereocenters. The lowest BCUT2D eigenvalue weighted by molar-refractivity contribution is 0.267. The van der Waals surface area contributed by atoms with Crippen LogP contribution in [-0.4, -0.2) is 18.3 Å². The largest absolute Gasteiger partial charge is 0.494 e. The molecule has 1 aromatic carbocycles. The van der Waals surface area contributed by atoms with Crippen LogP contribution in [0.25, 0.3) is 10.4 Å². The van der Waals surface area contributed by atoms with E-state index in [1.54, 1.807) is 18.2 Å². The molecule has 0 bridgehead atoms. The minimum absolute atomic E-state index is 0.209. The van der Waals surface area contributed by atoms with E-state index in [1.807, 2.05) is 13.0 Å². The second-order valence-electron chi connectivity index (χ2n) is 2.91. The second-order valence-corrected chi connectivity index (χ2v) is 2.91. The van der Waals surface area contributed by atoms with Gasteiger partial charge in [0.25, 0.3) is 0 Å². The van der Waals surface area contributed by atoms with Crippen LogP contribution in [0.4, 0.5) is 0 Å². The Kier molecular flexibility index (Phi) is 4.47. The molecule has 0 saturated carbocycles. The molecule has 0 amide bonds. The van der Waals surface area contributed by atoms with Crippen molar-refractivity contribution in [3.63, 3.8) is 0 Å². The molecule has 0 saturated heterocycles. The van der Waals surface area contributed by atoms with Crippen LogP contribution in [0.5, 0.6) is 5.75 Å². The summed E-state index contributed by atoms with van der Waals surface area (Å²) in [6, 6.07) is 6.63. The van der Waals surface area contributed by atoms with E-state index in [2.05, 4.69) is 10.0 Å². The molecule has 0 aromatic heterocycles. The van der Waals surface area contributed by atoms with Gasteiger partial charge in [0.15, 0.2) is 0 Å². The number of ether oxygens (including phenoxy) is 1. The molecular weight excluding hydrogens is 194 g/mol. The summed E-state index contributed by atoms with van der Waals surface area (Å²) < 4.78 is 5.30. The Morgan fingerprint density at radius 1 is 1.60 bits per heavy atom. The smallest absolute Gasteiger partial charge is 0.119 e. The minimum atomic E-state index is -0.546. The third kappa shape index (κ3) is 3.16. The number of aliphatic hydroxyl groups is 1. The summed E-state index contributed by atoms with van der Waals surface area (Å²) >= 11 is 0. The Bertz CT molecular complexity index is 361. The Morgan fingerprint density at radius 2 is 2.40 bits per heavy atom. The van der Waals surface area contributed by atoms with Crippen LogP contribution in [0.1, 0.15) is 18.5 Å². The zero-order valence-electron chi connectivity index (χ0n) is 8.50. The van der Waals surface area contributed by atoms with E-state index in [0.717, 1.165) is 5.56 Å². The van der Waals surface area contributed by atoms with Crippen LogP contribution in [0.2, 0.25) is 0 Å². The lowest BCUT2D eigenvalue weighted by Gasteiger charge is -2.09. The molecule has 5 nitrogen and oxygen atoms in total. The molecule has 0 aliphatic carbocycles. The van der Waals surface area contributed by atoms with Gasteiger partial charge in [-0.1, -0.05) is 17.2 Å². The maximum Gasteiger partial charge on any atom is 0.119 e. The summed E-state index contributed by atoms with van der Waals surface area (Å²) in [4.78, 5) is 2.68. The summed E-state index contributed by atoms with van der Waals surface area (Å²) in [5, 5.41) is 12.5. The molecule has 0 spiro atoms. The highest BCUT2D eigenvalue weighted by Gasteiger charge is 2.08. The molecule has 0 radical (unpaired) electrons. The Balaban J connectivity index is 2.91. The van der Waals surface area contributed by atoms with Crippen LogP contribution < -0.4 is 4.74 Å². The topological polar surface area (TPSA) is 78.2 Å². The fourth-order valence-electron chi connectivity index (χ4n) is 1.25. The molecular formula is C10H13N3O2. The standard InChI is InChI=1S/C10H13N3O2/c1-2-15-9-5-3-4-8(6-9)10(7-14)12-13-11/h3-6,10,14H,2,7H2,1H3. The van der Waals surface area contributed by atoms with Crippen molar-refractivity contribution in [1.29, 1.82) is 0 Å². The van der Waals surface area contributed by atoms with Gasteiger partial charge in [-0.05, 0) is 30.2 Å². The van der Waals surface area contributed by atoms with Crippen LogP contribution in [-0.2, 0) is 0 Å². The lowest BCUT2D eigenvalue weighted by Crippen LogP contribution is -2.00. The van der Waals surface area contributed by atoms with Gasteiger partial charge < -0.3 is 9.84 Å². The molecule has 0 heterocycles. The van der Waals surface area contributed by atoms with E-state index in [9.17, 15) is 0 Å². The molecule has 1 aromatic rings. The molecule has 1 N–H and O–H groups in total. The summed E-state index contributed by atoms with van der Waals surface area (Å²) in [5.74, 6) is 0.710. The first-order valence-corrected chi connectivity index (χ1v) is 4.69. The number of hydrogen-bond donors (Lipinski definition) is 1. The van der Waals surface area contributed by atoms with E-state index in [0.29, 0.717) is 12.4 Å². The quantitative estimate of drug-likeness (QED) is 0.457. The lowest BCUT2D eigenvalue weighted by atomic mass is 10.1. The summed E-state index contributed by atoms with van der Waals surface area (Å²) in [5.41, 5.74) is 9.07. The number of nitrogens with zero attached hydrogens (tertiary/aromatic N) is 3. The number of rotatable bonds is 5. The SMILES string of the molecule is CCOc1cccc(C(CO)N=[N+]=[N-])c1. The molecule has 15 heavy (non-hydrogen) atoms. The van der Waals surface area contributed by atoms with Crippen molar-refractivity contribution in [3.8, 4) is 5.75 Å². The predicted molar refractivity (Wildman–Crippen MR) is 56.6 cm³/mol. The number of aliphatic hydroxyl groups excluding tert-OH is 1. The van der Waals surface area contributed by atoms with E-state index in [1.165, 1.54) is 0 Å². The Hall–Kier alpha value is -1.71. The summed E-state index contributed by atoms with van der Waals surface area (Å²) in [6.07, 6.45) is 0. The average Bonchev–Trinajstić information content (AvgIpc) is 2.27. The highest BCUT2D eigenvalue weighted by molar-refractivity contribution is 5.30. The van der Waals surface area contributed by atoms with E-state index in [4.69, 9.17) is 15.4 Å². The molecule has 0 aliphatic rings. The first-order chi connectivity index (χ1) is 7.31. The van der Waals surface area contributed by atoms with E-state index in [-0.39, 0.29) is 6.61 Å². The molecule has 0 fully saturated rings. The van der Waals surface area contributed by atoms with Gasteiger partial charge in [0.05, 0.1) is 19.3 Å². The van der Waals surface area contributed by atoms with Crippen molar-refractivity contribution in [1.82, 2.24) is 0 Å². The number of azide groups is 1. The van der Waals surface area contributed by atoms with Gasteiger partial charge in [0, 0.05) is 4.91 Å². The highest BCUT2D eigenvalue weighted by atomic mass is 16.5. The third-order valence-corrected chi connectivity index (χ3v) is 1.92. The fourth-order valence-corrected chi connectivity index (χ4v) is 1.25. The van der Waals surface area contributed by atoms with Crippen LogP contribution in [0.3, 0.4) is 0 Å². The summed E-state index contributed by atoms with van der Waals surface area (Å²) in [6.45, 7) is 2.26. The van der Waals surface area contributed by atoms with Gasteiger partial charge in [-0.15, -0.1) is 0 Å². The Morgan fingerprint density at radius 3 is 3.00 bits per heavy atom. The first kappa shape index (κ1) is 11.4. The zero-order valence-corrected chi connectivity index (χ0v) is 8.50. The highest BCUT2D eigenvalue weighted by Crippen LogP contribution is 2.21. The van der Waals surface area contributed by atoms with Gasteiger partial charge in [-0.2, -0.15) is 0 Å². The van der Waals surface area contributed by atoms with Crippen molar-refractivity contribution in [2.24, 2.45) is 5.11 Å². The van der Waals surface area contributed by atoms with Crippen LogP contribution in [0.15, 0.2) is 29.4 Å². The predicted octanol–water partition coefficient (Wildman–Crippen LogP) is 2.43. The number of benzene rings is 1. The van der Waals surface area contributed by atoms with Crippen LogP contribution >= 0.6 is 0 Å². The molecule has 80 valence electrons. The maximum absolute atomic E-state index is 9.03. The molecule has 1 atom stereocenters. The number of hydrogen-bond acceptors (Lipinski definition) is 3. The molecule has 5 heteroatoms. The molecule has 1 rings (SSSR count). The summed E-state index contributed by atoms with van der Waals surface area (Å²) in [7, 11) is 0. The van der Waals surface area contributed by atoms with E-state index >= 15 is 0 Å². The first-order valence-electron chi connectivity index (χ1n) is 4.69. The van der Waals surface area contributed by atoms with Crippen molar-refractivity contribution in [2.45, 2.75) is 13.0 Å². The van der Waals surface area contributed by atoms with Crippen LogP contribution in [0, 0.1) is 0 Å². The Labute approximate surface area is 87.9 Å². The average molecular weight is 207 g/mol. The van der Waals surface area contributed by atoms with Gasteiger partial charge in [-0.3, -0.25) is 0 Å². The zero-order chi connectivity index (χ0) is 11.1. The maximum atomic E-state index is 9.03. The third-order valence-electron chi connectivity index (χ3n) is 1.92. The minimum Gasteiger partial charge on any atom is -0.494 e. The van der Waals surface area contributed by atoms with Crippen molar-refractivity contribution < 1.29 is 9.84 Å². The van der Waals surface area contributed by atoms with Gasteiger partial charge in [0.2, 0.25) is 0 Å². The van der Waals surface area contributed by atoms with E-state index < -0.39 is 6.04 Å². The monoisotopic (exact) mass is 207 g/mol. The molecule has 0 aliphatic heterocycles. The van der Waals surface area contributed by atoms with Gasteiger partial charge >= 0.3 is 0 Å². The second kappa shape index (κ2) is 5.90.